The first kappa shape index (κ1) is 32.7. The highest BCUT2D eigenvalue weighted by atomic mass is 16.4. The fraction of sp³-hybridized carbons (Fsp3) is 0.725. The molecular formula is C40H57N3O4. The van der Waals surface area contributed by atoms with Crippen molar-refractivity contribution in [2.45, 2.75) is 111 Å². The van der Waals surface area contributed by atoms with Crippen molar-refractivity contribution in [2.24, 2.45) is 45.8 Å². The van der Waals surface area contributed by atoms with Crippen LogP contribution in [-0.4, -0.2) is 64.5 Å². The van der Waals surface area contributed by atoms with E-state index >= 15 is 0 Å². The van der Waals surface area contributed by atoms with Gasteiger partial charge in [0, 0.05) is 38.6 Å². The van der Waals surface area contributed by atoms with Crippen LogP contribution in [0.15, 0.2) is 30.3 Å². The van der Waals surface area contributed by atoms with Crippen molar-refractivity contribution in [1.82, 2.24) is 15.1 Å². The molecule has 0 aromatic heterocycles. The van der Waals surface area contributed by atoms with Crippen LogP contribution >= 0.6 is 0 Å². The summed E-state index contributed by atoms with van der Waals surface area (Å²) in [5, 5.41) is 13.1. The number of amides is 3. The van der Waals surface area contributed by atoms with Crippen LogP contribution in [0.1, 0.15) is 121 Å². The molecule has 0 bridgehead atoms. The van der Waals surface area contributed by atoms with Gasteiger partial charge in [0.25, 0.3) is 0 Å². The van der Waals surface area contributed by atoms with Gasteiger partial charge in [-0.2, -0.15) is 0 Å². The summed E-state index contributed by atoms with van der Waals surface area (Å²) in [5.74, 6) is 2.16. The Kier molecular flexibility index (Phi) is 8.11. The Balaban J connectivity index is 1.10. The van der Waals surface area contributed by atoms with Crippen molar-refractivity contribution < 1.29 is 19.5 Å². The Hall–Kier alpha value is -2.83. The zero-order chi connectivity index (χ0) is 33.4. The molecule has 0 spiro atoms. The van der Waals surface area contributed by atoms with Gasteiger partial charge >= 0.3 is 12.0 Å². The van der Waals surface area contributed by atoms with Crippen LogP contribution < -0.4 is 5.32 Å². The Morgan fingerprint density at radius 1 is 0.787 bits per heavy atom. The first-order valence-electron chi connectivity index (χ1n) is 18.7. The van der Waals surface area contributed by atoms with Gasteiger partial charge in [-0.15, -0.1) is 0 Å². The average molecular weight is 644 g/mol. The third-order valence-electron chi connectivity index (χ3n) is 15.6. The molecule has 3 amide bonds. The minimum absolute atomic E-state index is 0.0920. The molecule has 5 aliphatic carbocycles. The van der Waals surface area contributed by atoms with Gasteiger partial charge in [-0.3, -0.25) is 4.79 Å². The van der Waals surface area contributed by atoms with Gasteiger partial charge < -0.3 is 20.2 Å². The average Bonchev–Trinajstić information content (AvgIpc) is 3.28. The van der Waals surface area contributed by atoms with E-state index in [1.165, 1.54) is 56.1 Å². The molecule has 9 atom stereocenters. The first-order valence-corrected chi connectivity index (χ1v) is 18.7. The van der Waals surface area contributed by atoms with E-state index in [2.05, 4.69) is 39.1 Å². The van der Waals surface area contributed by atoms with Gasteiger partial charge in [-0.1, -0.05) is 52.3 Å². The first-order chi connectivity index (χ1) is 22.3. The van der Waals surface area contributed by atoms with E-state index in [0.717, 1.165) is 38.8 Å². The lowest BCUT2D eigenvalue weighted by Crippen LogP contribution is -2.67. The minimum Gasteiger partial charge on any atom is -0.478 e. The number of carboxylic acids is 1. The standard InChI is InChI=1S/C40H57N3O4/c1-26-30(28-9-11-29(12-10-28)35(45)46)15-18-37(3)31(26)16-19-39(5)34(37)14-13-32-33-8-6-17-40(33,21-20-38(32,39)4)41-36(47)43-23-7-22-42(24-25-43)27(2)44/h9-12,15,26,31-34H,6-8,13-14,16-25H2,1-5H3,(H,41,47)(H,45,46)/t26?,31?,32?,33?,34?,37?,38-,39?,40?/m1/s1. The Bertz CT molecular complexity index is 1460. The third-order valence-corrected chi connectivity index (χ3v) is 15.6. The number of hydrogen-bond acceptors (Lipinski definition) is 3. The lowest BCUT2D eigenvalue weighted by molar-refractivity contribution is -0.210. The Morgan fingerprint density at radius 3 is 2.23 bits per heavy atom. The molecule has 4 saturated carbocycles. The number of carbonyl (C=O) groups excluding carboxylic acids is 2. The Labute approximate surface area is 281 Å². The largest absolute Gasteiger partial charge is 0.478 e. The van der Waals surface area contributed by atoms with E-state index in [1.54, 1.807) is 19.1 Å². The maximum Gasteiger partial charge on any atom is 0.335 e. The fourth-order valence-corrected chi connectivity index (χ4v) is 12.9. The Morgan fingerprint density at radius 2 is 1.51 bits per heavy atom. The molecule has 256 valence electrons. The molecule has 47 heavy (non-hydrogen) atoms. The molecular weight excluding hydrogens is 586 g/mol. The molecule has 1 aliphatic heterocycles. The summed E-state index contributed by atoms with van der Waals surface area (Å²) in [6.45, 7) is 14.7. The second kappa shape index (κ2) is 11.7. The predicted molar refractivity (Wildman–Crippen MR) is 185 cm³/mol. The highest BCUT2D eigenvalue weighted by molar-refractivity contribution is 5.88. The second-order valence-electron chi connectivity index (χ2n) is 17.2. The van der Waals surface area contributed by atoms with Crippen LogP contribution in [0.5, 0.6) is 0 Å². The zero-order valence-corrected chi connectivity index (χ0v) is 29.4. The van der Waals surface area contributed by atoms with Crippen LogP contribution in [-0.2, 0) is 4.79 Å². The van der Waals surface area contributed by atoms with Gasteiger partial charge in [0.05, 0.1) is 5.56 Å². The lowest BCUT2D eigenvalue weighted by atomic mass is 9.34. The van der Waals surface area contributed by atoms with Crippen molar-refractivity contribution in [3.05, 3.63) is 41.5 Å². The molecule has 2 N–H and O–H groups in total. The topological polar surface area (TPSA) is 90.0 Å². The number of carbonyl (C=O) groups is 3. The minimum atomic E-state index is -0.870. The number of nitrogens with one attached hydrogen (secondary N) is 1. The summed E-state index contributed by atoms with van der Waals surface area (Å²) in [7, 11) is 0. The summed E-state index contributed by atoms with van der Waals surface area (Å²) >= 11 is 0. The van der Waals surface area contributed by atoms with Gasteiger partial charge in [-0.25, -0.2) is 9.59 Å². The summed E-state index contributed by atoms with van der Waals surface area (Å²) < 4.78 is 0. The predicted octanol–water partition coefficient (Wildman–Crippen LogP) is 7.86. The summed E-state index contributed by atoms with van der Waals surface area (Å²) in [6, 6.07) is 7.62. The van der Waals surface area contributed by atoms with Crippen molar-refractivity contribution in [1.29, 1.82) is 0 Å². The number of fused-ring (bicyclic) bond motifs is 7. The second-order valence-corrected chi connectivity index (χ2v) is 17.2. The van der Waals surface area contributed by atoms with Gasteiger partial charge in [0.15, 0.2) is 0 Å². The molecule has 1 heterocycles. The summed E-state index contributed by atoms with van der Waals surface area (Å²) in [6.07, 6.45) is 15.3. The summed E-state index contributed by atoms with van der Waals surface area (Å²) in [5.41, 5.74) is 3.62. The molecule has 1 aromatic carbocycles. The van der Waals surface area contributed by atoms with Crippen LogP contribution in [0.25, 0.3) is 5.57 Å². The molecule has 7 nitrogen and oxygen atoms in total. The maximum absolute atomic E-state index is 13.8. The van der Waals surface area contributed by atoms with Gasteiger partial charge in [-0.05, 0) is 133 Å². The zero-order valence-electron chi connectivity index (χ0n) is 29.4. The van der Waals surface area contributed by atoms with Crippen molar-refractivity contribution in [3.63, 3.8) is 0 Å². The summed E-state index contributed by atoms with van der Waals surface area (Å²) in [4.78, 5) is 41.2. The normalized spacial score (nSPS) is 41.4. The molecule has 7 heteroatoms. The van der Waals surface area contributed by atoms with E-state index in [0.29, 0.717) is 48.2 Å². The number of allylic oxidation sites excluding steroid dienone is 2. The van der Waals surface area contributed by atoms with Crippen LogP contribution in [0.4, 0.5) is 4.79 Å². The van der Waals surface area contributed by atoms with E-state index < -0.39 is 5.97 Å². The SMILES string of the molecule is CC(=O)N1CCCN(C(=O)NC23CCCC2C2CCC4C5(C)CC=C(c6ccc(C(=O)O)cc6)C(C)C5CCC4(C)[C@]2(C)CC3)CC1. The molecule has 0 radical (unpaired) electrons. The van der Waals surface area contributed by atoms with Gasteiger partial charge in [0.1, 0.15) is 0 Å². The monoisotopic (exact) mass is 643 g/mol. The van der Waals surface area contributed by atoms with E-state index in [9.17, 15) is 19.5 Å². The maximum atomic E-state index is 13.8. The van der Waals surface area contributed by atoms with Crippen molar-refractivity contribution in [2.75, 3.05) is 26.2 Å². The third kappa shape index (κ3) is 4.98. The molecule has 8 unspecified atom stereocenters. The van der Waals surface area contributed by atoms with E-state index in [4.69, 9.17) is 0 Å². The molecule has 5 fully saturated rings. The van der Waals surface area contributed by atoms with Crippen LogP contribution in [0.3, 0.4) is 0 Å². The quantitative estimate of drug-likeness (QED) is 0.351. The molecule has 1 saturated heterocycles. The number of aromatic carboxylic acids is 1. The number of nitrogens with zero attached hydrogens (tertiary/aromatic N) is 2. The number of hydrogen-bond donors (Lipinski definition) is 2. The highest BCUT2D eigenvalue weighted by Crippen LogP contribution is 2.75. The van der Waals surface area contributed by atoms with Crippen molar-refractivity contribution in [3.8, 4) is 0 Å². The lowest BCUT2D eigenvalue weighted by Gasteiger charge is -2.71. The number of rotatable bonds is 3. The van der Waals surface area contributed by atoms with E-state index in [-0.39, 0.29) is 33.7 Å². The van der Waals surface area contributed by atoms with Crippen LogP contribution in [0.2, 0.25) is 0 Å². The van der Waals surface area contributed by atoms with Crippen molar-refractivity contribution >= 4 is 23.5 Å². The fourth-order valence-electron chi connectivity index (χ4n) is 12.9. The number of benzene rings is 1. The highest BCUT2D eigenvalue weighted by Gasteiger charge is 2.68. The number of carboxylic acid groups (broad SMARTS) is 1. The molecule has 1 aromatic rings. The van der Waals surface area contributed by atoms with E-state index in [1.807, 2.05) is 21.9 Å². The molecule has 7 rings (SSSR count). The van der Waals surface area contributed by atoms with Gasteiger partial charge in [0.2, 0.25) is 5.91 Å². The smallest absolute Gasteiger partial charge is 0.335 e. The number of urea groups is 1. The molecule has 6 aliphatic rings. The van der Waals surface area contributed by atoms with Crippen LogP contribution in [0, 0.1) is 45.8 Å².